The lowest BCUT2D eigenvalue weighted by atomic mass is 10.3. The molecule has 0 N–H and O–H groups in total. The monoisotopic (exact) mass is 238 g/mol. The average Bonchev–Trinajstić information content (AvgIpc) is 2.43. The second-order valence-corrected chi connectivity index (χ2v) is 3.89. The van der Waals surface area contributed by atoms with E-state index in [0.717, 1.165) is 5.69 Å². The third kappa shape index (κ3) is 1.86. The van der Waals surface area contributed by atoms with Crippen molar-refractivity contribution in [3.63, 3.8) is 0 Å². The molecule has 0 aliphatic heterocycles. The predicted octanol–water partition coefficient (Wildman–Crippen LogP) is 1.23. The van der Waals surface area contributed by atoms with Gasteiger partial charge in [-0.2, -0.15) is 0 Å². The molecule has 0 atom stereocenters. The van der Waals surface area contributed by atoms with Crippen molar-refractivity contribution in [2.45, 2.75) is 6.54 Å². The smallest absolute Gasteiger partial charge is 0.261 e. The molecule has 0 bridgehead atoms. The van der Waals surface area contributed by atoms with E-state index in [-0.39, 0.29) is 5.56 Å². The van der Waals surface area contributed by atoms with Crippen molar-refractivity contribution in [2.24, 2.45) is 0 Å². The molecule has 0 aliphatic rings. The number of nitrogens with zero attached hydrogens (tertiary/aromatic N) is 4. The maximum Gasteiger partial charge on any atom is 0.261 e. The van der Waals surface area contributed by atoms with Gasteiger partial charge in [-0.1, -0.05) is 6.07 Å². The first-order chi connectivity index (χ1) is 8.84. The Bertz CT molecular complexity index is 737. The SMILES string of the molecule is O=c1c2ccncc2ncn1Cc1ccccn1. The van der Waals surface area contributed by atoms with Gasteiger partial charge in [0, 0.05) is 12.4 Å². The third-order valence-electron chi connectivity index (χ3n) is 2.69. The minimum atomic E-state index is -0.0759. The molecular formula is C13H10N4O. The van der Waals surface area contributed by atoms with Crippen LogP contribution in [-0.2, 0) is 6.54 Å². The van der Waals surface area contributed by atoms with Crippen LogP contribution in [0.3, 0.4) is 0 Å². The van der Waals surface area contributed by atoms with Crippen LogP contribution >= 0.6 is 0 Å². The lowest BCUT2D eigenvalue weighted by Gasteiger charge is -2.05. The van der Waals surface area contributed by atoms with Crippen molar-refractivity contribution in [2.75, 3.05) is 0 Å². The highest BCUT2D eigenvalue weighted by Gasteiger charge is 2.04. The van der Waals surface area contributed by atoms with Crippen molar-refractivity contribution >= 4 is 10.9 Å². The summed E-state index contributed by atoms with van der Waals surface area (Å²) in [6.45, 7) is 0.422. The fourth-order valence-electron chi connectivity index (χ4n) is 1.79. The van der Waals surface area contributed by atoms with E-state index < -0.39 is 0 Å². The summed E-state index contributed by atoms with van der Waals surface area (Å²) in [6.07, 6.45) is 6.41. The van der Waals surface area contributed by atoms with Crippen molar-refractivity contribution in [3.8, 4) is 0 Å². The van der Waals surface area contributed by atoms with Crippen LogP contribution < -0.4 is 5.56 Å². The molecule has 3 heterocycles. The molecule has 18 heavy (non-hydrogen) atoms. The Morgan fingerprint density at radius 1 is 1.11 bits per heavy atom. The van der Waals surface area contributed by atoms with Crippen molar-refractivity contribution in [1.82, 2.24) is 19.5 Å². The number of hydrogen-bond acceptors (Lipinski definition) is 4. The number of hydrogen-bond donors (Lipinski definition) is 0. The zero-order valence-corrected chi connectivity index (χ0v) is 9.52. The molecule has 0 amide bonds. The van der Waals surface area contributed by atoms with Gasteiger partial charge >= 0.3 is 0 Å². The lowest BCUT2D eigenvalue weighted by Crippen LogP contribution is -2.21. The van der Waals surface area contributed by atoms with E-state index in [1.807, 2.05) is 18.2 Å². The first-order valence-corrected chi connectivity index (χ1v) is 5.54. The van der Waals surface area contributed by atoms with Gasteiger partial charge in [0.1, 0.15) is 0 Å². The summed E-state index contributed by atoms with van der Waals surface area (Å²) in [5.74, 6) is 0. The third-order valence-corrected chi connectivity index (χ3v) is 2.69. The van der Waals surface area contributed by atoms with Gasteiger partial charge in [0.05, 0.1) is 35.7 Å². The minimum absolute atomic E-state index is 0.0759. The van der Waals surface area contributed by atoms with Crippen LogP contribution in [0.5, 0.6) is 0 Å². The Morgan fingerprint density at radius 2 is 2.06 bits per heavy atom. The summed E-state index contributed by atoms with van der Waals surface area (Å²) in [5.41, 5.74) is 1.36. The number of aromatic nitrogens is 4. The second kappa shape index (κ2) is 4.37. The zero-order chi connectivity index (χ0) is 12.4. The molecular weight excluding hydrogens is 228 g/mol. The zero-order valence-electron chi connectivity index (χ0n) is 9.52. The Kier molecular flexibility index (Phi) is 2.57. The number of fused-ring (bicyclic) bond motifs is 1. The molecule has 0 aliphatic carbocycles. The molecule has 0 radical (unpaired) electrons. The normalized spacial score (nSPS) is 10.7. The van der Waals surface area contributed by atoms with Crippen molar-refractivity contribution in [1.29, 1.82) is 0 Å². The van der Waals surface area contributed by atoms with Gasteiger partial charge < -0.3 is 0 Å². The van der Waals surface area contributed by atoms with E-state index in [1.165, 1.54) is 6.33 Å². The van der Waals surface area contributed by atoms with Gasteiger partial charge in [0.25, 0.3) is 5.56 Å². The largest absolute Gasteiger partial charge is 0.293 e. The summed E-state index contributed by atoms with van der Waals surface area (Å²) in [4.78, 5) is 24.6. The fraction of sp³-hybridized carbons (Fsp3) is 0.0769. The van der Waals surface area contributed by atoms with Gasteiger partial charge in [-0.15, -0.1) is 0 Å². The molecule has 0 aromatic carbocycles. The Balaban J connectivity index is 2.08. The fourth-order valence-corrected chi connectivity index (χ4v) is 1.79. The van der Waals surface area contributed by atoms with Crippen LogP contribution in [0.15, 0.2) is 54.0 Å². The highest BCUT2D eigenvalue weighted by molar-refractivity contribution is 5.75. The Labute approximate surface area is 103 Å². The molecule has 0 saturated carbocycles. The van der Waals surface area contributed by atoms with Gasteiger partial charge in [-0.25, -0.2) is 4.98 Å². The van der Waals surface area contributed by atoms with Gasteiger partial charge in [-0.05, 0) is 18.2 Å². The number of rotatable bonds is 2. The van der Waals surface area contributed by atoms with Crippen LogP contribution in [0.25, 0.3) is 10.9 Å². The van der Waals surface area contributed by atoms with Crippen molar-refractivity contribution < 1.29 is 0 Å². The molecule has 5 heteroatoms. The molecule has 5 nitrogen and oxygen atoms in total. The molecule has 0 spiro atoms. The van der Waals surface area contributed by atoms with Crippen molar-refractivity contribution in [3.05, 3.63) is 65.2 Å². The first kappa shape index (κ1) is 10.6. The molecule has 3 rings (SSSR count). The van der Waals surface area contributed by atoms with Crippen LogP contribution in [0.4, 0.5) is 0 Å². The number of pyridine rings is 2. The van der Waals surface area contributed by atoms with E-state index in [9.17, 15) is 4.79 Å². The molecule has 0 unspecified atom stereocenters. The summed E-state index contributed by atoms with van der Waals surface area (Å²) in [6, 6.07) is 7.30. The van der Waals surface area contributed by atoms with E-state index >= 15 is 0 Å². The van der Waals surface area contributed by atoms with Crippen LogP contribution in [0.2, 0.25) is 0 Å². The summed E-state index contributed by atoms with van der Waals surface area (Å²) >= 11 is 0. The average molecular weight is 238 g/mol. The molecule has 88 valence electrons. The maximum atomic E-state index is 12.2. The Morgan fingerprint density at radius 3 is 2.89 bits per heavy atom. The van der Waals surface area contributed by atoms with Crippen LogP contribution in [0.1, 0.15) is 5.69 Å². The van der Waals surface area contributed by atoms with Gasteiger partial charge in [0.2, 0.25) is 0 Å². The van der Waals surface area contributed by atoms with E-state index in [0.29, 0.717) is 17.4 Å². The van der Waals surface area contributed by atoms with Crippen LogP contribution in [-0.4, -0.2) is 19.5 Å². The molecule has 3 aromatic rings. The molecule has 0 fully saturated rings. The van der Waals surface area contributed by atoms with E-state index in [1.54, 1.807) is 29.2 Å². The predicted molar refractivity (Wildman–Crippen MR) is 67.1 cm³/mol. The Hall–Kier alpha value is -2.56. The topological polar surface area (TPSA) is 60.7 Å². The summed E-state index contributed by atoms with van der Waals surface area (Å²) < 4.78 is 1.55. The minimum Gasteiger partial charge on any atom is -0.293 e. The van der Waals surface area contributed by atoms with Gasteiger partial charge in [-0.3, -0.25) is 19.3 Å². The van der Waals surface area contributed by atoms with E-state index in [4.69, 9.17) is 0 Å². The quantitative estimate of drug-likeness (QED) is 0.673. The maximum absolute atomic E-state index is 12.2. The second-order valence-electron chi connectivity index (χ2n) is 3.89. The first-order valence-electron chi connectivity index (χ1n) is 5.54. The molecule has 0 saturated heterocycles. The highest BCUT2D eigenvalue weighted by Crippen LogP contribution is 2.03. The molecule has 3 aromatic heterocycles. The van der Waals surface area contributed by atoms with Gasteiger partial charge in [0.15, 0.2) is 0 Å². The summed E-state index contributed by atoms with van der Waals surface area (Å²) in [5, 5.41) is 0.573. The highest BCUT2D eigenvalue weighted by atomic mass is 16.1. The van der Waals surface area contributed by atoms with Crippen LogP contribution in [0, 0.1) is 0 Å². The standard InChI is InChI=1S/C13H10N4O/c18-13-11-4-6-14-7-12(11)16-9-17(13)8-10-3-1-2-5-15-10/h1-7,9H,8H2. The summed E-state index contributed by atoms with van der Waals surface area (Å²) in [7, 11) is 0. The lowest BCUT2D eigenvalue weighted by molar-refractivity contribution is 0.729. The van der Waals surface area contributed by atoms with E-state index in [2.05, 4.69) is 15.0 Å².